The van der Waals surface area contributed by atoms with Crippen LogP contribution in [0.2, 0.25) is 0 Å². The van der Waals surface area contributed by atoms with Crippen molar-refractivity contribution in [3.8, 4) is 0 Å². The van der Waals surface area contributed by atoms with Gasteiger partial charge in [-0.3, -0.25) is 0 Å². The van der Waals surface area contributed by atoms with Crippen LogP contribution < -0.4 is 5.76 Å². The standard InChI is InChI=1S/C6H8N2O2/c1-3-4(2)5-7-8-6(9)10-5/h3H,1-2H3,(H,8,9)/b4-3-. The quantitative estimate of drug-likeness (QED) is 0.627. The van der Waals surface area contributed by atoms with Gasteiger partial charge < -0.3 is 4.42 Å². The van der Waals surface area contributed by atoms with Crippen molar-refractivity contribution in [1.82, 2.24) is 10.2 Å². The smallest absolute Gasteiger partial charge is 0.388 e. The summed E-state index contributed by atoms with van der Waals surface area (Å²) in [6, 6.07) is 0. The molecule has 0 amide bonds. The molecule has 0 aliphatic heterocycles. The highest BCUT2D eigenvalue weighted by atomic mass is 16.4. The Labute approximate surface area is 57.6 Å². The van der Waals surface area contributed by atoms with E-state index in [1.54, 1.807) is 0 Å². The van der Waals surface area contributed by atoms with Crippen molar-refractivity contribution < 1.29 is 4.42 Å². The Morgan fingerprint density at radius 3 is 2.90 bits per heavy atom. The van der Waals surface area contributed by atoms with Crippen molar-refractivity contribution in [2.75, 3.05) is 0 Å². The van der Waals surface area contributed by atoms with Crippen LogP contribution >= 0.6 is 0 Å². The largest absolute Gasteiger partial charge is 0.434 e. The number of allylic oxidation sites excluding steroid dienone is 2. The minimum atomic E-state index is -0.517. The van der Waals surface area contributed by atoms with Crippen molar-refractivity contribution in [2.24, 2.45) is 0 Å². The number of nitrogens with zero attached hydrogens (tertiary/aromatic N) is 1. The van der Waals surface area contributed by atoms with Gasteiger partial charge in [0.05, 0.1) is 0 Å². The summed E-state index contributed by atoms with van der Waals surface area (Å²) in [5, 5.41) is 5.78. The van der Waals surface area contributed by atoms with Gasteiger partial charge in [-0.1, -0.05) is 6.08 Å². The molecule has 0 fully saturated rings. The maximum absolute atomic E-state index is 10.4. The molecule has 0 radical (unpaired) electrons. The second-order valence-corrected chi connectivity index (χ2v) is 1.89. The Balaban J connectivity index is 3.07. The fraction of sp³-hybridized carbons (Fsp3) is 0.333. The van der Waals surface area contributed by atoms with Crippen molar-refractivity contribution in [2.45, 2.75) is 13.8 Å². The summed E-state index contributed by atoms with van der Waals surface area (Å²) in [6.45, 7) is 3.67. The first-order valence-electron chi connectivity index (χ1n) is 2.93. The molecule has 0 unspecified atom stereocenters. The highest BCUT2D eigenvalue weighted by Gasteiger charge is 2.00. The molecule has 0 aromatic carbocycles. The second-order valence-electron chi connectivity index (χ2n) is 1.89. The first kappa shape index (κ1) is 6.80. The van der Waals surface area contributed by atoms with Gasteiger partial charge in [0.2, 0.25) is 5.89 Å². The molecule has 0 saturated heterocycles. The lowest BCUT2D eigenvalue weighted by molar-refractivity contribution is 0.500. The summed E-state index contributed by atoms with van der Waals surface area (Å²) in [7, 11) is 0. The number of nitrogens with one attached hydrogen (secondary N) is 1. The number of hydrogen-bond donors (Lipinski definition) is 1. The Morgan fingerprint density at radius 2 is 2.50 bits per heavy atom. The summed E-state index contributed by atoms with van der Waals surface area (Å²) >= 11 is 0. The molecule has 0 bridgehead atoms. The molecule has 0 aliphatic rings. The Morgan fingerprint density at radius 1 is 1.80 bits per heavy atom. The van der Waals surface area contributed by atoms with Crippen LogP contribution in [0.5, 0.6) is 0 Å². The molecule has 0 atom stereocenters. The van der Waals surface area contributed by atoms with Gasteiger partial charge in [0.15, 0.2) is 0 Å². The number of H-pyrrole nitrogens is 1. The van der Waals surface area contributed by atoms with E-state index in [4.69, 9.17) is 0 Å². The van der Waals surface area contributed by atoms with Crippen LogP contribution in [0.1, 0.15) is 19.7 Å². The molecule has 0 saturated carbocycles. The van der Waals surface area contributed by atoms with E-state index in [-0.39, 0.29) is 0 Å². The van der Waals surface area contributed by atoms with Crippen LogP contribution in [0.25, 0.3) is 5.57 Å². The van der Waals surface area contributed by atoms with Crippen molar-refractivity contribution in [1.29, 1.82) is 0 Å². The van der Waals surface area contributed by atoms with Gasteiger partial charge in [-0.25, -0.2) is 9.89 Å². The van der Waals surface area contributed by atoms with E-state index >= 15 is 0 Å². The van der Waals surface area contributed by atoms with E-state index in [1.165, 1.54) is 0 Å². The molecule has 10 heavy (non-hydrogen) atoms. The minimum Gasteiger partial charge on any atom is -0.388 e. The van der Waals surface area contributed by atoms with Crippen LogP contribution in [0.4, 0.5) is 0 Å². The van der Waals surface area contributed by atoms with Crippen molar-refractivity contribution >= 4 is 5.57 Å². The van der Waals surface area contributed by atoms with Crippen LogP contribution in [0, 0.1) is 0 Å². The van der Waals surface area contributed by atoms with E-state index in [0.717, 1.165) is 5.57 Å². The zero-order chi connectivity index (χ0) is 7.56. The van der Waals surface area contributed by atoms with Crippen LogP contribution in [0.15, 0.2) is 15.3 Å². The number of hydrogen-bond acceptors (Lipinski definition) is 3. The van der Waals surface area contributed by atoms with E-state index < -0.39 is 5.76 Å². The Kier molecular flexibility index (Phi) is 1.71. The summed E-state index contributed by atoms with van der Waals surface area (Å²) < 4.78 is 4.65. The zero-order valence-electron chi connectivity index (χ0n) is 5.84. The molecule has 1 aromatic heterocycles. The van der Waals surface area contributed by atoms with Gasteiger partial charge in [0.1, 0.15) is 0 Å². The summed E-state index contributed by atoms with van der Waals surface area (Å²) in [4.78, 5) is 10.4. The normalized spacial score (nSPS) is 12.0. The maximum atomic E-state index is 10.4. The molecule has 4 heteroatoms. The Bertz CT molecular complexity index is 295. The molecular formula is C6H8N2O2. The topological polar surface area (TPSA) is 58.9 Å². The predicted molar refractivity (Wildman–Crippen MR) is 36.4 cm³/mol. The number of aromatic amines is 1. The molecule has 1 heterocycles. The molecule has 0 spiro atoms. The fourth-order valence-corrected chi connectivity index (χ4v) is 0.522. The third-order valence-corrected chi connectivity index (χ3v) is 1.21. The monoisotopic (exact) mass is 140 g/mol. The summed E-state index contributed by atoms with van der Waals surface area (Å²) in [5.41, 5.74) is 0.846. The molecular weight excluding hydrogens is 132 g/mol. The summed E-state index contributed by atoms with van der Waals surface area (Å²) in [5.74, 6) is -0.163. The van der Waals surface area contributed by atoms with Crippen molar-refractivity contribution in [3.63, 3.8) is 0 Å². The molecule has 1 aromatic rings. The van der Waals surface area contributed by atoms with Gasteiger partial charge in [-0.05, 0) is 13.8 Å². The van der Waals surface area contributed by atoms with E-state index in [9.17, 15) is 4.79 Å². The number of aromatic nitrogens is 2. The van der Waals surface area contributed by atoms with Gasteiger partial charge in [-0.15, -0.1) is 5.10 Å². The van der Waals surface area contributed by atoms with Gasteiger partial charge in [0.25, 0.3) is 0 Å². The molecule has 54 valence electrons. The number of rotatable bonds is 1. The van der Waals surface area contributed by atoms with E-state index in [2.05, 4.69) is 14.6 Å². The third-order valence-electron chi connectivity index (χ3n) is 1.21. The molecule has 4 nitrogen and oxygen atoms in total. The first-order valence-corrected chi connectivity index (χ1v) is 2.93. The highest BCUT2D eigenvalue weighted by Crippen LogP contribution is 2.05. The van der Waals surface area contributed by atoms with Crippen molar-refractivity contribution in [3.05, 3.63) is 22.5 Å². The van der Waals surface area contributed by atoms with Crippen LogP contribution in [-0.2, 0) is 0 Å². The average molecular weight is 140 g/mol. The minimum absolute atomic E-state index is 0.354. The predicted octanol–water partition coefficient (Wildman–Crippen LogP) is 0.786. The zero-order valence-corrected chi connectivity index (χ0v) is 5.84. The maximum Gasteiger partial charge on any atom is 0.434 e. The van der Waals surface area contributed by atoms with Crippen LogP contribution in [0.3, 0.4) is 0 Å². The second kappa shape index (κ2) is 2.51. The molecule has 1 rings (SSSR count). The highest BCUT2D eigenvalue weighted by molar-refractivity contribution is 5.54. The van der Waals surface area contributed by atoms with Gasteiger partial charge >= 0.3 is 5.76 Å². The lowest BCUT2D eigenvalue weighted by Gasteiger charge is -1.86. The summed E-state index contributed by atoms with van der Waals surface area (Å²) in [6.07, 6.45) is 1.82. The van der Waals surface area contributed by atoms with Gasteiger partial charge in [-0.2, -0.15) is 0 Å². The van der Waals surface area contributed by atoms with E-state index in [0.29, 0.717) is 5.89 Å². The lowest BCUT2D eigenvalue weighted by Crippen LogP contribution is -1.93. The first-order chi connectivity index (χ1) is 4.74. The lowest BCUT2D eigenvalue weighted by atomic mass is 10.3. The fourth-order valence-electron chi connectivity index (χ4n) is 0.522. The third kappa shape index (κ3) is 1.15. The molecule has 1 N–H and O–H groups in total. The van der Waals surface area contributed by atoms with Crippen LogP contribution in [-0.4, -0.2) is 10.2 Å². The van der Waals surface area contributed by atoms with Gasteiger partial charge in [0, 0.05) is 5.57 Å². The van der Waals surface area contributed by atoms with E-state index in [1.807, 2.05) is 19.9 Å². The SMILES string of the molecule is C/C=C(/C)c1n[nH]c(=O)o1. The average Bonchev–Trinajstić information content (AvgIpc) is 2.34. The molecule has 0 aliphatic carbocycles. The Hall–Kier alpha value is -1.32.